The number of piperidine rings is 1. The van der Waals surface area contributed by atoms with E-state index < -0.39 is 11.7 Å². The molecule has 28 heavy (non-hydrogen) atoms. The Hall–Kier alpha value is -1.95. The average molecular weight is 443 g/mol. The fraction of sp³-hybridized carbons (Fsp3) is 0.300. The molecule has 1 aliphatic heterocycles. The summed E-state index contributed by atoms with van der Waals surface area (Å²) >= 11 is 18.0. The van der Waals surface area contributed by atoms with Crippen LogP contribution in [-0.2, 0) is 0 Å². The highest BCUT2D eigenvalue weighted by molar-refractivity contribution is 6.45. The number of amides is 1. The zero-order valence-corrected chi connectivity index (χ0v) is 17.3. The van der Waals surface area contributed by atoms with Gasteiger partial charge in [0, 0.05) is 24.6 Å². The van der Waals surface area contributed by atoms with Gasteiger partial charge in [-0.15, -0.1) is 0 Å². The van der Waals surface area contributed by atoms with Crippen molar-refractivity contribution in [3.05, 3.63) is 56.5 Å². The number of ketones is 1. The maximum Gasteiger partial charge on any atom is 0.259 e. The van der Waals surface area contributed by atoms with Crippen LogP contribution in [-0.4, -0.2) is 41.9 Å². The van der Waals surface area contributed by atoms with Crippen LogP contribution < -0.4 is 4.74 Å². The number of likely N-dealkylation sites (tertiary alicyclic amines) is 1. The van der Waals surface area contributed by atoms with E-state index in [1.165, 1.54) is 6.07 Å². The largest absolute Gasteiger partial charge is 0.505 e. The zero-order valence-electron chi connectivity index (χ0n) is 15.0. The lowest BCUT2D eigenvalue weighted by molar-refractivity contribution is 0.0648. The van der Waals surface area contributed by atoms with Crippen molar-refractivity contribution in [1.29, 1.82) is 0 Å². The second-order valence-corrected chi connectivity index (χ2v) is 7.73. The minimum Gasteiger partial charge on any atom is -0.505 e. The Balaban J connectivity index is 1.70. The first kappa shape index (κ1) is 20.8. The summed E-state index contributed by atoms with van der Waals surface area (Å²) in [5.74, 6) is -0.292. The molecule has 1 heterocycles. The molecule has 1 amide bonds. The number of methoxy groups -OCH3 is 1. The average Bonchev–Trinajstić information content (AvgIpc) is 2.72. The van der Waals surface area contributed by atoms with Gasteiger partial charge in [-0.2, -0.15) is 0 Å². The summed E-state index contributed by atoms with van der Waals surface area (Å²) < 4.78 is 5.11. The molecule has 1 saturated heterocycles. The fourth-order valence-corrected chi connectivity index (χ4v) is 3.96. The molecule has 0 aliphatic carbocycles. The summed E-state index contributed by atoms with van der Waals surface area (Å²) in [4.78, 5) is 27.1. The lowest BCUT2D eigenvalue weighted by Crippen LogP contribution is -2.40. The predicted molar refractivity (Wildman–Crippen MR) is 109 cm³/mol. The third-order valence-electron chi connectivity index (χ3n) is 4.89. The van der Waals surface area contributed by atoms with Crippen molar-refractivity contribution in [2.45, 2.75) is 12.8 Å². The van der Waals surface area contributed by atoms with Gasteiger partial charge in [-0.05, 0) is 43.2 Å². The minimum atomic E-state index is -0.456. The molecule has 1 N–H and O–H groups in total. The highest BCUT2D eigenvalue weighted by Gasteiger charge is 2.31. The van der Waals surface area contributed by atoms with E-state index in [1.807, 2.05) is 0 Å². The second-order valence-electron chi connectivity index (χ2n) is 6.54. The molecular weight excluding hydrogens is 425 g/mol. The van der Waals surface area contributed by atoms with Gasteiger partial charge >= 0.3 is 0 Å². The maximum atomic E-state index is 12.8. The summed E-state index contributed by atoms with van der Waals surface area (Å²) in [6.07, 6.45) is 1.03. The van der Waals surface area contributed by atoms with Gasteiger partial charge in [0.2, 0.25) is 0 Å². The molecule has 8 heteroatoms. The van der Waals surface area contributed by atoms with Crippen LogP contribution >= 0.6 is 34.8 Å². The predicted octanol–water partition coefficient (Wildman–Crippen LogP) is 5.10. The normalized spacial score (nSPS) is 14.8. The molecule has 3 rings (SSSR count). The third-order valence-corrected chi connectivity index (χ3v) is 5.96. The maximum absolute atomic E-state index is 12.8. The van der Waals surface area contributed by atoms with Crippen LogP contribution in [0.1, 0.15) is 33.6 Å². The van der Waals surface area contributed by atoms with E-state index in [1.54, 1.807) is 36.3 Å². The Morgan fingerprint density at radius 2 is 1.68 bits per heavy atom. The van der Waals surface area contributed by atoms with Crippen molar-refractivity contribution < 1.29 is 19.4 Å². The molecule has 148 valence electrons. The Labute approximate surface area is 177 Å². The molecule has 0 radical (unpaired) electrons. The Kier molecular flexibility index (Phi) is 6.38. The number of ether oxygens (including phenoxy) is 1. The van der Waals surface area contributed by atoms with Crippen molar-refractivity contribution in [1.82, 2.24) is 4.90 Å². The molecule has 0 bridgehead atoms. The number of benzene rings is 2. The molecule has 5 nitrogen and oxygen atoms in total. The number of rotatable bonds is 4. The number of nitrogens with zero attached hydrogens (tertiary/aromatic N) is 1. The standard InChI is InChI=1S/C20H18Cl3NO4/c1-28-13-4-2-11(3-5-13)18(25)12-6-8-24(9-7-12)20(27)16-17(23)14(21)10-15(22)19(16)26/h2-5,10,12,26H,6-9H2,1H3. The number of aromatic hydroxyl groups is 1. The molecule has 1 aliphatic rings. The number of hydrogen-bond acceptors (Lipinski definition) is 4. The smallest absolute Gasteiger partial charge is 0.259 e. The topological polar surface area (TPSA) is 66.8 Å². The van der Waals surface area contributed by atoms with Gasteiger partial charge < -0.3 is 14.7 Å². The van der Waals surface area contributed by atoms with Gasteiger partial charge in [0.05, 0.1) is 22.2 Å². The number of halogens is 3. The molecule has 0 spiro atoms. The number of carbonyl (C=O) groups excluding carboxylic acids is 2. The van der Waals surface area contributed by atoms with Gasteiger partial charge in [-0.3, -0.25) is 9.59 Å². The monoisotopic (exact) mass is 441 g/mol. The van der Waals surface area contributed by atoms with Crippen molar-refractivity contribution in [3.8, 4) is 11.5 Å². The quantitative estimate of drug-likeness (QED) is 0.529. The van der Waals surface area contributed by atoms with Gasteiger partial charge in [-0.1, -0.05) is 34.8 Å². The summed E-state index contributed by atoms with van der Waals surface area (Å²) in [5.41, 5.74) is 0.506. The van der Waals surface area contributed by atoms with Crippen LogP contribution in [0.2, 0.25) is 15.1 Å². The molecule has 2 aromatic rings. The number of Topliss-reactive ketones (excluding diaryl/α,β-unsaturated/α-hetero) is 1. The Morgan fingerprint density at radius 1 is 1.07 bits per heavy atom. The first-order valence-corrected chi connectivity index (χ1v) is 9.81. The van der Waals surface area contributed by atoms with Crippen LogP contribution in [0.25, 0.3) is 0 Å². The van der Waals surface area contributed by atoms with Crippen LogP contribution in [0.5, 0.6) is 11.5 Å². The van der Waals surface area contributed by atoms with Crippen molar-refractivity contribution in [2.75, 3.05) is 20.2 Å². The van der Waals surface area contributed by atoms with Crippen LogP contribution in [0.4, 0.5) is 0 Å². The first-order chi connectivity index (χ1) is 13.3. The molecular formula is C20H18Cl3NO4. The number of hydrogen-bond donors (Lipinski definition) is 1. The van der Waals surface area contributed by atoms with Crippen LogP contribution in [0, 0.1) is 5.92 Å². The molecule has 1 fully saturated rings. The van der Waals surface area contributed by atoms with E-state index >= 15 is 0 Å². The minimum absolute atomic E-state index is 0.0370. The van der Waals surface area contributed by atoms with Crippen molar-refractivity contribution in [3.63, 3.8) is 0 Å². The van der Waals surface area contributed by atoms with Crippen molar-refractivity contribution in [2.24, 2.45) is 5.92 Å². The Morgan fingerprint density at radius 3 is 2.25 bits per heavy atom. The van der Waals surface area contributed by atoms with E-state index in [0.717, 1.165) is 0 Å². The van der Waals surface area contributed by atoms with Gasteiger partial charge in [0.25, 0.3) is 5.91 Å². The van der Waals surface area contributed by atoms with Gasteiger partial charge in [0.1, 0.15) is 17.1 Å². The molecule has 0 unspecified atom stereocenters. The van der Waals surface area contributed by atoms with E-state index in [9.17, 15) is 14.7 Å². The molecule has 0 aromatic heterocycles. The second kappa shape index (κ2) is 8.60. The van der Waals surface area contributed by atoms with E-state index in [2.05, 4.69) is 0 Å². The molecule has 2 aromatic carbocycles. The van der Waals surface area contributed by atoms with Gasteiger partial charge in [-0.25, -0.2) is 0 Å². The van der Waals surface area contributed by atoms with Crippen LogP contribution in [0.3, 0.4) is 0 Å². The van der Waals surface area contributed by atoms with E-state index in [-0.39, 0.29) is 32.3 Å². The summed E-state index contributed by atoms with van der Waals surface area (Å²) in [5, 5.41) is 10.2. The SMILES string of the molecule is COc1ccc(C(=O)C2CCN(C(=O)c3c(O)c(Cl)cc(Cl)c3Cl)CC2)cc1. The summed E-state index contributed by atoms with van der Waals surface area (Å²) in [6.45, 7) is 0.733. The highest BCUT2D eigenvalue weighted by atomic mass is 35.5. The van der Waals surface area contributed by atoms with Gasteiger partial charge in [0.15, 0.2) is 5.78 Å². The summed E-state index contributed by atoms with van der Waals surface area (Å²) in [7, 11) is 1.57. The van der Waals surface area contributed by atoms with E-state index in [0.29, 0.717) is 37.2 Å². The number of phenols is 1. The highest BCUT2D eigenvalue weighted by Crippen LogP contribution is 2.39. The lowest BCUT2D eigenvalue weighted by Gasteiger charge is -2.32. The number of phenolic OH excluding ortho intramolecular Hbond substituents is 1. The molecule has 0 saturated carbocycles. The summed E-state index contributed by atoms with van der Waals surface area (Å²) in [6, 6.07) is 8.27. The lowest BCUT2D eigenvalue weighted by atomic mass is 9.88. The first-order valence-electron chi connectivity index (χ1n) is 8.67. The molecule has 0 atom stereocenters. The Bertz CT molecular complexity index is 880. The third kappa shape index (κ3) is 4.07. The van der Waals surface area contributed by atoms with Crippen LogP contribution in [0.15, 0.2) is 30.3 Å². The fourth-order valence-electron chi connectivity index (χ4n) is 3.27. The van der Waals surface area contributed by atoms with Crippen molar-refractivity contribution >= 4 is 46.5 Å². The van der Waals surface area contributed by atoms with E-state index in [4.69, 9.17) is 39.5 Å². The zero-order chi connectivity index (χ0) is 20.4. The number of carbonyl (C=O) groups is 2.